The minimum absolute atomic E-state index is 0.263. The number of amides is 2. The minimum atomic E-state index is -0.587. The summed E-state index contributed by atoms with van der Waals surface area (Å²) in [5.41, 5.74) is 1.33. The molecule has 108 valence electrons. The molecule has 0 radical (unpaired) electrons. The molecular formula is C14H12ClN3O3. The van der Waals surface area contributed by atoms with E-state index in [-0.39, 0.29) is 10.9 Å². The fraction of sp³-hybridized carbons (Fsp3) is 0.0714. The maximum Gasteiger partial charge on any atom is 0.411 e. The van der Waals surface area contributed by atoms with E-state index in [1.165, 1.54) is 25.6 Å². The zero-order valence-electron chi connectivity index (χ0n) is 11.1. The van der Waals surface area contributed by atoms with Crippen LogP contribution in [0.1, 0.15) is 10.4 Å². The van der Waals surface area contributed by atoms with E-state index < -0.39 is 6.09 Å². The lowest BCUT2D eigenvalue weighted by Crippen LogP contribution is -2.14. The Hall–Kier alpha value is -2.60. The fourth-order valence-electron chi connectivity index (χ4n) is 1.60. The highest BCUT2D eigenvalue weighted by Crippen LogP contribution is 2.18. The first-order valence-corrected chi connectivity index (χ1v) is 6.34. The Labute approximate surface area is 126 Å². The van der Waals surface area contributed by atoms with Crippen molar-refractivity contribution in [2.75, 3.05) is 17.7 Å². The first-order chi connectivity index (χ1) is 10.1. The predicted molar refractivity (Wildman–Crippen MR) is 79.7 cm³/mol. The van der Waals surface area contributed by atoms with Crippen LogP contribution in [0.25, 0.3) is 0 Å². The van der Waals surface area contributed by atoms with Crippen molar-refractivity contribution >= 4 is 35.0 Å². The minimum Gasteiger partial charge on any atom is -0.453 e. The zero-order chi connectivity index (χ0) is 15.2. The zero-order valence-corrected chi connectivity index (χ0v) is 11.8. The van der Waals surface area contributed by atoms with Gasteiger partial charge < -0.3 is 10.1 Å². The Morgan fingerprint density at radius 1 is 1.19 bits per heavy atom. The highest BCUT2D eigenvalue weighted by atomic mass is 35.5. The number of halogens is 1. The van der Waals surface area contributed by atoms with Crippen molar-refractivity contribution in [1.29, 1.82) is 0 Å². The molecule has 2 amide bonds. The summed E-state index contributed by atoms with van der Waals surface area (Å²) in [5, 5.41) is 5.46. The smallest absolute Gasteiger partial charge is 0.411 e. The molecule has 1 aromatic heterocycles. The number of methoxy groups -OCH3 is 1. The summed E-state index contributed by atoms with van der Waals surface area (Å²) < 4.78 is 4.50. The van der Waals surface area contributed by atoms with Gasteiger partial charge in [0, 0.05) is 23.8 Å². The maximum atomic E-state index is 12.1. The molecule has 0 saturated carbocycles. The van der Waals surface area contributed by atoms with Crippen molar-refractivity contribution < 1.29 is 14.3 Å². The van der Waals surface area contributed by atoms with E-state index in [0.29, 0.717) is 16.9 Å². The number of anilines is 2. The highest BCUT2D eigenvalue weighted by molar-refractivity contribution is 6.34. The molecule has 7 heteroatoms. The van der Waals surface area contributed by atoms with E-state index in [4.69, 9.17) is 11.6 Å². The molecule has 6 nitrogen and oxygen atoms in total. The van der Waals surface area contributed by atoms with Gasteiger partial charge in [-0.2, -0.15) is 0 Å². The van der Waals surface area contributed by atoms with Gasteiger partial charge in [-0.25, -0.2) is 4.79 Å². The van der Waals surface area contributed by atoms with Crippen LogP contribution in [0.4, 0.5) is 16.2 Å². The number of rotatable bonds is 3. The molecular weight excluding hydrogens is 294 g/mol. The molecule has 2 aromatic rings. The number of ether oxygens (including phenoxy) is 1. The monoisotopic (exact) mass is 305 g/mol. The Balaban J connectivity index is 2.13. The van der Waals surface area contributed by atoms with Crippen molar-refractivity contribution in [3.05, 3.63) is 53.3 Å². The number of pyridine rings is 1. The molecule has 0 spiro atoms. The van der Waals surface area contributed by atoms with Crippen molar-refractivity contribution in [1.82, 2.24) is 4.98 Å². The van der Waals surface area contributed by atoms with Gasteiger partial charge in [-0.05, 0) is 24.3 Å². The summed E-state index contributed by atoms with van der Waals surface area (Å²) in [7, 11) is 1.27. The number of carbonyl (C=O) groups is 2. The summed E-state index contributed by atoms with van der Waals surface area (Å²) in [4.78, 5) is 27.0. The Kier molecular flexibility index (Phi) is 4.73. The lowest BCUT2D eigenvalue weighted by molar-refractivity contribution is 0.102. The molecule has 0 aliphatic carbocycles. The number of nitrogens with one attached hydrogen (secondary N) is 2. The van der Waals surface area contributed by atoms with Crippen molar-refractivity contribution in [3.63, 3.8) is 0 Å². The number of hydrogen-bond donors (Lipinski definition) is 2. The molecule has 0 unspecified atom stereocenters. The molecule has 0 fully saturated rings. The predicted octanol–water partition coefficient (Wildman–Crippen LogP) is 3.17. The van der Waals surface area contributed by atoms with E-state index in [2.05, 4.69) is 20.4 Å². The van der Waals surface area contributed by atoms with Crippen LogP contribution in [0.15, 0.2) is 42.7 Å². The van der Waals surface area contributed by atoms with Crippen molar-refractivity contribution in [3.8, 4) is 0 Å². The first-order valence-electron chi connectivity index (χ1n) is 5.96. The topological polar surface area (TPSA) is 80.3 Å². The van der Waals surface area contributed by atoms with E-state index in [1.807, 2.05) is 0 Å². The van der Waals surface area contributed by atoms with Crippen LogP contribution in [0.3, 0.4) is 0 Å². The van der Waals surface area contributed by atoms with Crippen LogP contribution in [-0.2, 0) is 4.74 Å². The van der Waals surface area contributed by atoms with Gasteiger partial charge in [0.2, 0.25) is 0 Å². The first kappa shape index (κ1) is 14.8. The average molecular weight is 306 g/mol. The van der Waals surface area contributed by atoms with Gasteiger partial charge in [-0.1, -0.05) is 17.7 Å². The molecule has 0 aliphatic heterocycles. The van der Waals surface area contributed by atoms with Gasteiger partial charge in [0.1, 0.15) is 0 Å². The molecule has 1 heterocycles. The second-order valence-electron chi connectivity index (χ2n) is 4.01. The molecule has 2 N–H and O–H groups in total. The van der Waals surface area contributed by atoms with Crippen LogP contribution in [0.2, 0.25) is 5.02 Å². The molecule has 0 saturated heterocycles. The number of hydrogen-bond acceptors (Lipinski definition) is 4. The van der Waals surface area contributed by atoms with E-state index >= 15 is 0 Å². The Morgan fingerprint density at radius 3 is 2.57 bits per heavy atom. The molecule has 0 bridgehead atoms. The Morgan fingerprint density at radius 2 is 1.90 bits per heavy atom. The summed E-state index contributed by atoms with van der Waals surface area (Å²) >= 11 is 5.91. The second kappa shape index (κ2) is 6.71. The molecule has 21 heavy (non-hydrogen) atoms. The van der Waals surface area contributed by atoms with Gasteiger partial charge in [-0.15, -0.1) is 0 Å². The van der Waals surface area contributed by atoms with E-state index in [0.717, 1.165) is 0 Å². The maximum absolute atomic E-state index is 12.1. The molecule has 2 rings (SSSR count). The standard InChI is InChI=1S/C14H12ClN3O3/c1-21-14(20)18-10-4-2-3-9(7-10)17-13(19)11-5-6-16-8-12(11)15/h2-8H,1H3,(H,17,19)(H,18,20). The number of carbonyl (C=O) groups excluding carboxylic acids is 2. The van der Waals surface area contributed by atoms with Crippen LogP contribution in [0, 0.1) is 0 Å². The normalized spacial score (nSPS) is 9.81. The summed E-state index contributed by atoms with van der Waals surface area (Å²) in [6, 6.07) is 8.18. The molecule has 1 aromatic carbocycles. The SMILES string of the molecule is COC(=O)Nc1cccc(NC(=O)c2ccncc2Cl)c1. The van der Waals surface area contributed by atoms with Gasteiger partial charge in [0.05, 0.1) is 17.7 Å². The van der Waals surface area contributed by atoms with Gasteiger partial charge in [0.15, 0.2) is 0 Å². The highest BCUT2D eigenvalue weighted by Gasteiger charge is 2.10. The van der Waals surface area contributed by atoms with Crippen LogP contribution in [-0.4, -0.2) is 24.1 Å². The van der Waals surface area contributed by atoms with Crippen molar-refractivity contribution in [2.45, 2.75) is 0 Å². The summed E-state index contributed by atoms with van der Waals surface area (Å²) in [6.45, 7) is 0. The average Bonchev–Trinajstić information content (AvgIpc) is 2.47. The molecule has 0 atom stereocenters. The summed E-state index contributed by atoms with van der Waals surface area (Å²) in [6.07, 6.45) is 2.29. The number of benzene rings is 1. The van der Waals surface area contributed by atoms with Crippen molar-refractivity contribution in [2.24, 2.45) is 0 Å². The third-order valence-corrected chi connectivity index (χ3v) is 2.87. The number of aromatic nitrogens is 1. The fourth-order valence-corrected chi connectivity index (χ4v) is 1.81. The quantitative estimate of drug-likeness (QED) is 0.912. The van der Waals surface area contributed by atoms with Crippen LogP contribution < -0.4 is 10.6 Å². The van der Waals surface area contributed by atoms with Gasteiger partial charge >= 0.3 is 6.09 Å². The van der Waals surface area contributed by atoms with Crippen LogP contribution >= 0.6 is 11.6 Å². The third kappa shape index (κ3) is 3.93. The largest absolute Gasteiger partial charge is 0.453 e. The Bertz CT molecular complexity index is 676. The molecule has 0 aliphatic rings. The van der Waals surface area contributed by atoms with Gasteiger partial charge in [-0.3, -0.25) is 15.1 Å². The number of nitrogens with zero attached hydrogens (tertiary/aromatic N) is 1. The summed E-state index contributed by atoms with van der Waals surface area (Å²) in [5.74, 6) is -0.363. The lowest BCUT2D eigenvalue weighted by atomic mass is 10.2. The van der Waals surface area contributed by atoms with Gasteiger partial charge in [0.25, 0.3) is 5.91 Å². The van der Waals surface area contributed by atoms with E-state index in [1.54, 1.807) is 24.3 Å². The van der Waals surface area contributed by atoms with E-state index in [9.17, 15) is 9.59 Å². The third-order valence-electron chi connectivity index (χ3n) is 2.57. The lowest BCUT2D eigenvalue weighted by Gasteiger charge is -2.08. The second-order valence-corrected chi connectivity index (χ2v) is 4.41. The van der Waals surface area contributed by atoms with Crippen LogP contribution in [0.5, 0.6) is 0 Å².